The van der Waals surface area contributed by atoms with Gasteiger partial charge in [-0.05, 0) is 105 Å². The third kappa shape index (κ3) is 15.0. The number of nitrogen functional groups attached to an aromatic ring is 1. The molecule has 0 atom stereocenters. The van der Waals surface area contributed by atoms with Crippen LogP contribution in [0.5, 0.6) is 0 Å². The van der Waals surface area contributed by atoms with Gasteiger partial charge in [0.15, 0.2) is 0 Å². The zero-order valence-corrected chi connectivity index (χ0v) is 32.3. The van der Waals surface area contributed by atoms with Crippen molar-refractivity contribution in [1.82, 2.24) is 0 Å². The Morgan fingerprint density at radius 1 is 0.732 bits per heavy atom. The van der Waals surface area contributed by atoms with Crippen molar-refractivity contribution in [2.45, 2.75) is 65.7 Å². The summed E-state index contributed by atoms with van der Waals surface area (Å²) in [6.45, 7) is 7.92. The third-order valence-electron chi connectivity index (χ3n) is 8.15. The topological polar surface area (TPSA) is 158 Å². The summed E-state index contributed by atoms with van der Waals surface area (Å²) in [4.78, 5) is 48.2. The van der Waals surface area contributed by atoms with Gasteiger partial charge in [0.2, 0.25) is 18.1 Å². The first-order valence-electron chi connectivity index (χ1n) is 17.5. The Hall–Kier alpha value is -4.77. The molecule has 11 nitrogen and oxygen atoms in total. The van der Waals surface area contributed by atoms with E-state index in [4.69, 9.17) is 24.7 Å². The van der Waals surface area contributed by atoms with Crippen LogP contribution in [0.3, 0.4) is 0 Å². The number of nitrogens with two attached hydrogens (primary N) is 1. The molecule has 0 bridgehead atoms. The van der Waals surface area contributed by atoms with Gasteiger partial charge in [-0.25, -0.2) is 4.79 Å². The van der Waals surface area contributed by atoms with E-state index in [0.29, 0.717) is 62.0 Å². The molecular weight excluding hydrogens is 770 g/mol. The van der Waals surface area contributed by atoms with Gasteiger partial charge in [-0.15, -0.1) is 22.7 Å². The molecule has 0 unspecified atom stereocenters. The zero-order valence-electron chi connectivity index (χ0n) is 30.7. The Kier molecular flexibility index (Phi) is 17.5. The molecule has 3 amide bonds. The van der Waals surface area contributed by atoms with Crippen LogP contribution in [0.2, 0.25) is 0 Å². The number of ether oxygens (including phenoxy) is 3. The van der Waals surface area contributed by atoms with E-state index in [9.17, 15) is 27.6 Å². The summed E-state index contributed by atoms with van der Waals surface area (Å²) in [6, 6.07) is 19.4. The average Bonchev–Trinajstić information content (AvgIpc) is 3.90. The Labute approximate surface area is 333 Å². The first kappa shape index (κ1) is 45.6. The molecule has 2 fully saturated rings. The number of hydrogen-bond donors (Lipinski definition) is 4. The number of benzene rings is 2. The first-order chi connectivity index (χ1) is 26.1. The second kappa shape index (κ2) is 21.5. The number of nitrogens with one attached hydrogen (secondary N) is 3. The highest BCUT2D eigenvalue weighted by Gasteiger charge is 2.26. The maximum absolute atomic E-state index is 12.7. The van der Waals surface area contributed by atoms with Gasteiger partial charge < -0.3 is 30.6 Å². The molecule has 2 aromatic heterocycles. The molecule has 2 aliphatic heterocycles. The number of anilines is 4. The molecule has 2 aromatic carbocycles. The van der Waals surface area contributed by atoms with Crippen LogP contribution in [-0.4, -0.2) is 62.4 Å². The summed E-state index contributed by atoms with van der Waals surface area (Å²) in [6.07, 6.45) is -3.31. The predicted octanol–water partition coefficient (Wildman–Crippen LogP) is 9.87. The Morgan fingerprint density at radius 2 is 1.18 bits per heavy atom. The van der Waals surface area contributed by atoms with Crippen LogP contribution < -0.4 is 21.7 Å². The number of rotatable bonds is 7. The first-order valence-corrected chi connectivity index (χ1v) is 19.3. The second-order valence-corrected chi connectivity index (χ2v) is 15.5. The zero-order chi connectivity index (χ0) is 40.0. The molecule has 304 valence electrons. The highest BCUT2D eigenvalue weighted by atomic mass is 32.1. The fourth-order valence-corrected chi connectivity index (χ4v) is 6.86. The molecule has 4 heterocycles. The minimum Gasteiger partial charge on any atom is -0.444 e. The maximum Gasteiger partial charge on any atom is 0.446 e. The number of amides is 3. The van der Waals surface area contributed by atoms with Crippen molar-refractivity contribution in [3.8, 4) is 20.9 Å². The van der Waals surface area contributed by atoms with E-state index in [1.54, 1.807) is 49.5 Å². The van der Waals surface area contributed by atoms with Gasteiger partial charge in [0.1, 0.15) is 5.60 Å². The quantitative estimate of drug-likeness (QED) is 0.106. The van der Waals surface area contributed by atoms with Crippen LogP contribution in [0.1, 0.15) is 53.9 Å². The molecule has 2 saturated heterocycles. The van der Waals surface area contributed by atoms with Crippen molar-refractivity contribution in [1.29, 1.82) is 0 Å². The third-order valence-corrected chi connectivity index (χ3v) is 9.99. The summed E-state index contributed by atoms with van der Waals surface area (Å²) >= 11 is 3.29. The van der Waals surface area contributed by atoms with Crippen molar-refractivity contribution >= 4 is 69.6 Å². The largest absolute Gasteiger partial charge is 0.446 e. The number of aldehydes is 1. The Morgan fingerprint density at radius 3 is 1.61 bits per heavy atom. The number of thiophene rings is 2. The van der Waals surface area contributed by atoms with Gasteiger partial charge in [0, 0.05) is 48.0 Å². The van der Waals surface area contributed by atoms with Crippen LogP contribution >= 0.6 is 22.7 Å². The summed E-state index contributed by atoms with van der Waals surface area (Å²) in [5.41, 5.74) is 9.79. The van der Waals surface area contributed by atoms with Gasteiger partial charge in [0.25, 0.3) is 0 Å². The molecule has 4 aromatic rings. The van der Waals surface area contributed by atoms with Gasteiger partial charge in [-0.3, -0.25) is 19.7 Å². The van der Waals surface area contributed by atoms with Gasteiger partial charge >= 0.3 is 12.3 Å². The molecule has 56 heavy (non-hydrogen) atoms. The monoisotopic (exact) mass is 818 g/mol. The van der Waals surface area contributed by atoms with Crippen molar-refractivity contribution < 1.29 is 46.6 Å². The lowest BCUT2D eigenvalue weighted by Crippen LogP contribution is -2.30. The van der Waals surface area contributed by atoms with Crippen molar-refractivity contribution in [3.63, 3.8) is 0 Å². The number of carbonyl (C=O) groups is 4. The van der Waals surface area contributed by atoms with Crippen molar-refractivity contribution in [3.05, 3.63) is 71.4 Å². The highest BCUT2D eigenvalue weighted by molar-refractivity contribution is 7.13. The van der Waals surface area contributed by atoms with E-state index in [1.165, 1.54) is 0 Å². The van der Waals surface area contributed by atoms with Crippen LogP contribution in [0, 0.1) is 11.8 Å². The molecule has 16 heteroatoms. The minimum atomic E-state index is -4.64. The second-order valence-electron chi connectivity index (χ2n) is 13.6. The van der Waals surface area contributed by atoms with E-state index in [1.807, 2.05) is 59.3 Å². The van der Waals surface area contributed by atoms with Crippen molar-refractivity contribution in [2.24, 2.45) is 11.8 Å². The predicted molar refractivity (Wildman–Crippen MR) is 217 cm³/mol. The summed E-state index contributed by atoms with van der Waals surface area (Å²) in [7, 11) is 0. The summed E-state index contributed by atoms with van der Waals surface area (Å²) < 4.78 is 47.2. The number of alkyl halides is 3. The van der Waals surface area contributed by atoms with E-state index < -0.39 is 24.2 Å². The lowest BCUT2D eigenvalue weighted by Gasteiger charge is -2.23. The molecule has 5 N–H and O–H groups in total. The lowest BCUT2D eigenvalue weighted by atomic mass is 9.99. The molecule has 6 rings (SSSR count). The Balaban J connectivity index is 0.000000265. The highest BCUT2D eigenvalue weighted by Crippen LogP contribution is 2.33. The lowest BCUT2D eigenvalue weighted by molar-refractivity contribution is -0.156. The number of carbonyl (C=O) groups excluding carboxylic acids is 4. The van der Waals surface area contributed by atoms with Crippen LogP contribution in [0.15, 0.2) is 71.4 Å². The summed E-state index contributed by atoms with van der Waals surface area (Å²) in [5.74, 6) is -0.0933. The van der Waals surface area contributed by atoms with Gasteiger partial charge in [0.05, 0.1) is 22.7 Å². The minimum absolute atomic E-state index is 0. The molecular formula is C40H49F3N4O7S2. The van der Waals surface area contributed by atoms with Crippen LogP contribution in [0.25, 0.3) is 20.9 Å². The molecule has 2 aliphatic rings. The molecule has 0 aliphatic carbocycles. The van der Waals surface area contributed by atoms with Crippen LogP contribution in [-0.2, 0) is 28.6 Å². The smallest absolute Gasteiger partial charge is 0.444 e. The van der Waals surface area contributed by atoms with E-state index in [-0.39, 0.29) is 31.1 Å². The molecule has 0 saturated carbocycles. The van der Waals surface area contributed by atoms with Gasteiger partial charge in [-0.1, -0.05) is 31.7 Å². The number of halogens is 3. The fraction of sp³-hybridized carbons (Fsp3) is 0.400. The fourth-order valence-electron chi connectivity index (χ4n) is 5.42. The SMILES string of the molecule is C.CC(C)(C)OC(=O)Nc1ccc(-c2cccs2)cc1NC(=O)C1CCOCC1.Nc1ccc(-c2cccs2)cc1NC(=O)C1CCOCC1.O=CC(F)(F)F. The summed E-state index contributed by atoms with van der Waals surface area (Å²) in [5, 5.41) is 12.7. The molecule has 0 spiro atoms. The van der Waals surface area contributed by atoms with E-state index >= 15 is 0 Å². The maximum atomic E-state index is 12.7. The normalized spacial score (nSPS) is 14.7. The molecule has 0 radical (unpaired) electrons. The van der Waals surface area contributed by atoms with E-state index in [2.05, 4.69) is 22.0 Å². The standard InChI is InChI=1S/C21H26N2O4S.C16H18N2O2S.C2HF3O.CH4/c1-21(2,3)27-20(25)23-16-7-6-15(18-5-4-12-28-18)13-17(16)22-19(24)14-8-10-26-11-9-14;17-13-4-3-12(15-2-1-9-21-15)10-14(13)18-16(19)11-5-7-20-8-6-11;3-2(4,5)1-6;/h4-7,12-14H,8-11H2,1-3H3,(H,22,24)(H,23,25);1-4,9-11H,5-8,17H2,(H,18,19);1H;1H4. The van der Waals surface area contributed by atoms with Gasteiger partial charge in [-0.2, -0.15) is 13.2 Å². The Bertz CT molecular complexity index is 1850. The van der Waals surface area contributed by atoms with E-state index in [0.717, 1.165) is 33.7 Å². The van der Waals surface area contributed by atoms with Crippen molar-refractivity contribution in [2.75, 3.05) is 48.1 Å². The van der Waals surface area contributed by atoms with Crippen LogP contribution in [0.4, 0.5) is 40.7 Å². The average molecular weight is 819 g/mol. The number of hydrogen-bond acceptors (Lipinski definition) is 10.